The van der Waals surface area contributed by atoms with Gasteiger partial charge in [-0.1, -0.05) is 17.7 Å². The summed E-state index contributed by atoms with van der Waals surface area (Å²) in [5.74, 6) is 0.433. The number of halogens is 1. The van der Waals surface area contributed by atoms with Crippen molar-refractivity contribution in [2.24, 2.45) is 5.10 Å². The SMILES string of the molecule is COc1ccc(/C=N/NC(=O)c2cccc(NC(=O)c3ccc(Cl)cc3)c2)cc1OC. The van der Waals surface area contributed by atoms with Crippen LogP contribution in [0.15, 0.2) is 71.8 Å². The summed E-state index contributed by atoms with van der Waals surface area (Å²) in [7, 11) is 3.09. The first kappa shape index (κ1) is 21.9. The highest BCUT2D eigenvalue weighted by Crippen LogP contribution is 2.26. The molecule has 0 saturated heterocycles. The number of benzene rings is 3. The third-order valence-corrected chi connectivity index (χ3v) is 4.53. The molecule has 0 aliphatic carbocycles. The topological polar surface area (TPSA) is 89.0 Å². The predicted octanol–water partition coefficient (Wildman–Crippen LogP) is 4.37. The van der Waals surface area contributed by atoms with Crippen molar-refractivity contribution in [2.45, 2.75) is 0 Å². The normalized spacial score (nSPS) is 10.5. The van der Waals surface area contributed by atoms with Gasteiger partial charge in [0.25, 0.3) is 11.8 Å². The number of carbonyl (C=O) groups excluding carboxylic acids is 2. The summed E-state index contributed by atoms with van der Waals surface area (Å²) in [6.45, 7) is 0. The molecule has 0 spiro atoms. The van der Waals surface area contributed by atoms with Crippen LogP contribution in [0.3, 0.4) is 0 Å². The van der Waals surface area contributed by atoms with Crippen LogP contribution in [0.25, 0.3) is 0 Å². The molecule has 31 heavy (non-hydrogen) atoms. The first-order valence-corrected chi connectivity index (χ1v) is 9.60. The molecule has 0 aliphatic rings. The van der Waals surface area contributed by atoms with E-state index in [1.807, 2.05) is 0 Å². The number of hydrogen-bond donors (Lipinski definition) is 2. The van der Waals surface area contributed by atoms with Crippen LogP contribution < -0.4 is 20.2 Å². The van der Waals surface area contributed by atoms with Gasteiger partial charge < -0.3 is 14.8 Å². The number of ether oxygens (including phenoxy) is 2. The summed E-state index contributed by atoms with van der Waals surface area (Å²) in [6, 6.07) is 18.3. The average molecular weight is 438 g/mol. The maximum atomic E-state index is 12.4. The van der Waals surface area contributed by atoms with Crippen LogP contribution in [-0.2, 0) is 0 Å². The number of nitrogens with one attached hydrogen (secondary N) is 2. The minimum absolute atomic E-state index is 0.305. The van der Waals surface area contributed by atoms with E-state index in [1.54, 1.807) is 80.9 Å². The van der Waals surface area contributed by atoms with Gasteiger partial charge in [-0.3, -0.25) is 9.59 Å². The fourth-order valence-electron chi connectivity index (χ4n) is 2.71. The molecule has 0 fully saturated rings. The number of hydrazone groups is 1. The van der Waals surface area contributed by atoms with Crippen molar-refractivity contribution in [3.8, 4) is 11.5 Å². The Kier molecular flexibility index (Phi) is 7.24. The third kappa shape index (κ3) is 5.83. The fraction of sp³-hybridized carbons (Fsp3) is 0.0870. The maximum absolute atomic E-state index is 12.4. The molecule has 3 aromatic rings. The second kappa shape index (κ2) is 10.3. The Morgan fingerprint density at radius 2 is 1.61 bits per heavy atom. The Bertz CT molecular complexity index is 1110. The van der Waals surface area contributed by atoms with Crippen molar-refractivity contribution in [3.63, 3.8) is 0 Å². The van der Waals surface area contributed by atoms with E-state index in [2.05, 4.69) is 15.8 Å². The number of anilines is 1. The van der Waals surface area contributed by atoms with Gasteiger partial charge >= 0.3 is 0 Å². The monoisotopic (exact) mass is 437 g/mol. The van der Waals surface area contributed by atoms with Crippen molar-refractivity contribution in [1.82, 2.24) is 5.43 Å². The maximum Gasteiger partial charge on any atom is 0.271 e. The van der Waals surface area contributed by atoms with Crippen molar-refractivity contribution >= 4 is 35.3 Å². The lowest BCUT2D eigenvalue weighted by Crippen LogP contribution is -2.18. The minimum atomic E-state index is -0.417. The van der Waals surface area contributed by atoms with E-state index >= 15 is 0 Å². The molecule has 3 aromatic carbocycles. The number of hydrogen-bond acceptors (Lipinski definition) is 5. The van der Waals surface area contributed by atoms with Gasteiger partial charge in [-0.05, 0) is 66.2 Å². The molecule has 0 unspecified atom stereocenters. The van der Waals surface area contributed by atoms with Gasteiger partial charge in [0.2, 0.25) is 0 Å². The van der Waals surface area contributed by atoms with Gasteiger partial charge in [-0.25, -0.2) is 5.43 Å². The third-order valence-electron chi connectivity index (χ3n) is 4.28. The summed E-state index contributed by atoms with van der Waals surface area (Å²) >= 11 is 5.84. The molecule has 0 aromatic heterocycles. The molecular weight excluding hydrogens is 418 g/mol. The molecule has 158 valence electrons. The molecule has 0 heterocycles. The minimum Gasteiger partial charge on any atom is -0.493 e. The summed E-state index contributed by atoms with van der Waals surface area (Å²) in [5, 5.41) is 7.27. The van der Waals surface area contributed by atoms with E-state index in [0.717, 1.165) is 5.56 Å². The molecule has 0 radical (unpaired) electrons. The van der Waals surface area contributed by atoms with Crippen LogP contribution in [0.1, 0.15) is 26.3 Å². The molecule has 0 bridgehead atoms. The molecule has 7 nitrogen and oxygen atoms in total. The zero-order valence-corrected chi connectivity index (χ0v) is 17.6. The van der Waals surface area contributed by atoms with Crippen LogP contribution in [0.4, 0.5) is 5.69 Å². The Morgan fingerprint density at radius 1 is 0.871 bits per heavy atom. The largest absolute Gasteiger partial charge is 0.493 e. The predicted molar refractivity (Wildman–Crippen MR) is 120 cm³/mol. The van der Waals surface area contributed by atoms with Crippen molar-refractivity contribution in [2.75, 3.05) is 19.5 Å². The van der Waals surface area contributed by atoms with Crippen molar-refractivity contribution in [3.05, 3.63) is 88.4 Å². The lowest BCUT2D eigenvalue weighted by Gasteiger charge is -2.08. The number of rotatable bonds is 7. The number of nitrogens with zero attached hydrogens (tertiary/aromatic N) is 1. The van der Waals surface area contributed by atoms with Gasteiger partial charge in [0.05, 0.1) is 20.4 Å². The van der Waals surface area contributed by atoms with Gasteiger partial charge in [-0.15, -0.1) is 0 Å². The van der Waals surface area contributed by atoms with Crippen LogP contribution in [0.5, 0.6) is 11.5 Å². The standard InChI is InChI=1S/C23H20ClN3O4/c1-30-20-11-6-15(12-21(20)31-2)14-25-27-23(29)17-4-3-5-19(13-17)26-22(28)16-7-9-18(24)10-8-16/h3-14H,1-2H3,(H,26,28)(H,27,29)/b25-14+. The van der Waals surface area contributed by atoms with Gasteiger partial charge in [0.1, 0.15) is 0 Å². The first-order chi connectivity index (χ1) is 15.0. The number of methoxy groups -OCH3 is 2. The smallest absolute Gasteiger partial charge is 0.271 e. The van der Waals surface area contributed by atoms with Crippen LogP contribution in [0, 0.1) is 0 Å². The highest BCUT2D eigenvalue weighted by molar-refractivity contribution is 6.30. The fourth-order valence-corrected chi connectivity index (χ4v) is 2.83. The lowest BCUT2D eigenvalue weighted by atomic mass is 10.1. The van der Waals surface area contributed by atoms with E-state index in [1.165, 1.54) is 6.21 Å². The number of amides is 2. The molecular formula is C23H20ClN3O4. The van der Waals surface area contributed by atoms with E-state index in [9.17, 15) is 9.59 Å². The van der Waals surface area contributed by atoms with Crippen molar-refractivity contribution in [1.29, 1.82) is 0 Å². The second-order valence-electron chi connectivity index (χ2n) is 6.36. The average Bonchev–Trinajstić information content (AvgIpc) is 2.79. The van der Waals surface area contributed by atoms with E-state index in [-0.39, 0.29) is 5.91 Å². The van der Waals surface area contributed by atoms with Gasteiger partial charge in [0, 0.05) is 21.8 Å². The van der Waals surface area contributed by atoms with E-state index in [4.69, 9.17) is 21.1 Å². The zero-order chi connectivity index (χ0) is 22.2. The summed E-state index contributed by atoms with van der Waals surface area (Å²) in [4.78, 5) is 24.7. The van der Waals surface area contributed by atoms with Crippen molar-refractivity contribution < 1.29 is 19.1 Å². The molecule has 8 heteroatoms. The quantitative estimate of drug-likeness (QED) is 0.424. The van der Waals surface area contributed by atoms with Crippen LogP contribution in [-0.4, -0.2) is 32.2 Å². The Morgan fingerprint density at radius 3 is 2.32 bits per heavy atom. The summed E-state index contributed by atoms with van der Waals surface area (Å²) in [5.41, 5.74) is 4.47. The van der Waals surface area contributed by atoms with Crippen LogP contribution >= 0.6 is 11.6 Å². The lowest BCUT2D eigenvalue weighted by molar-refractivity contribution is 0.0953. The van der Waals surface area contributed by atoms with E-state index in [0.29, 0.717) is 33.3 Å². The van der Waals surface area contributed by atoms with Crippen LogP contribution in [0.2, 0.25) is 5.02 Å². The molecule has 2 amide bonds. The summed E-state index contributed by atoms with van der Waals surface area (Å²) in [6.07, 6.45) is 1.49. The Balaban J connectivity index is 1.64. The molecule has 0 aliphatic heterocycles. The highest BCUT2D eigenvalue weighted by Gasteiger charge is 2.09. The first-order valence-electron chi connectivity index (χ1n) is 9.22. The van der Waals surface area contributed by atoms with Gasteiger partial charge in [0.15, 0.2) is 11.5 Å². The molecule has 0 saturated carbocycles. The van der Waals surface area contributed by atoms with Gasteiger partial charge in [-0.2, -0.15) is 5.10 Å². The summed E-state index contributed by atoms with van der Waals surface area (Å²) < 4.78 is 10.4. The van der Waals surface area contributed by atoms with E-state index < -0.39 is 5.91 Å². The second-order valence-corrected chi connectivity index (χ2v) is 6.79. The molecule has 3 rings (SSSR count). The zero-order valence-electron chi connectivity index (χ0n) is 16.9. The highest BCUT2D eigenvalue weighted by atomic mass is 35.5. The molecule has 2 N–H and O–H groups in total. The Hall–Kier alpha value is -3.84. The molecule has 0 atom stereocenters. The number of carbonyl (C=O) groups is 2. The Labute approximate surface area is 184 Å².